The number of aliphatic hydroxyl groups is 1. The summed E-state index contributed by atoms with van der Waals surface area (Å²) in [5.41, 5.74) is 4.91. The molecule has 0 bridgehead atoms. The second-order valence-corrected chi connectivity index (χ2v) is 4.54. The Labute approximate surface area is 92.8 Å². The summed E-state index contributed by atoms with van der Waals surface area (Å²) in [6.07, 6.45) is -2.01. The molecule has 0 spiro atoms. The highest BCUT2D eigenvalue weighted by Gasteiger charge is 2.20. The van der Waals surface area contributed by atoms with Crippen LogP contribution in [0, 0.1) is 0 Å². The van der Waals surface area contributed by atoms with E-state index in [-0.39, 0.29) is 4.90 Å². The molecule has 1 rings (SSSR count). The van der Waals surface area contributed by atoms with Gasteiger partial charge in [0.1, 0.15) is 11.1 Å². The van der Waals surface area contributed by atoms with Gasteiger partial charge in [-0.3, -0.25) is 4.79 Å². The number of carbonyl (C=O) groups excluding carboxylic acids is 1. The molecule has 0 unspecified atom stereocenters. The molecule has 1 aromatic carbocycles. The van der Waals surface area contributed by atoms with Crippen LogP contribution in [0.3, 0.4) is 0 Å². The molecule has 3 N–H and O–H groups in total. The molecule has 0 amide bonds. The van der Waals surface area contributed by atoms with Crippen molar-refractivity contribution in [2.45, 2.75) is 17.5 Å². The van der Waals surface area contributed by atoms with Gasteiger partial charge in [0.15, 0.2) is 0 Å². The lowest BCUT2D eigenvalue weighted by atomic mass is 10.4. The monoisotopic (exact) mass is 245 g/mol. The maximum absolute atomic E-state index is 11.5. The Hall–Kier alpha value is -1.44. The Balaban J connectivity index is 2.78. The molecule has 0 saturated carbocycles. The normalized spacial score (nSPS) is 13.1. The van der Waals surface area contributed by atoms with E-state index in [0.717, 1.165) is 0 Å². The highest BCUT2D eigenvalue weighted by atomic mass is 32.2. The topological polar surface area (TPSA) is 107 Å². The average molecular weight is 245 g/mol. The summed E-state index contributed by atoms with van der Waals surface area (Å²) < 4.78 is 27.1. The van der Waals surface area contributed by atoms with Gasteiger partial charge >= 0.3 is 16.1 Å². The van der Waals surface area contributed by atoms with Crippen molar-refractivity contribution < 1.29 is 22.5 Å². The molecule has 0 aliphatic carbocycles. The molecule has 0 aromatic heterocycles. The van der Waals surface area contributed by atoms with Gasteiger partial charge < -0.3 is 15.0 Å². The fourth-order valence-electron chi connectivity index (χ4n) is 0.962. The first-order valence-corrected chi connectivity index (χ1v) is 5.78. The summed E-state index contributed by atoms with van der Waals surface area (Å²) in [5.74, 6) is -1.10. The van der Waals surface area contributed by atoms with Gasteiger partial charge in [-0.2, -0.15) is 8.42 Å². The minimum Gasteiger partial charge on any atom is -0.378 e. The summed E-state index contributed by atoms with van der Waals surface area (Å²) in [7, 11) is -4.12. The smallest absolute Gasteiger partial charge is 0.341 e. The van der Waals surface area contributed by atoms with Crippen LogP contribution in [0.25, 0.3) is 0 Å². The lowest BCUT2D eigenvalue weighted by molar-refractivity contribution is -0.135. The Morgan fingerprint density at radius 1 is 1.38 bits per heavy atom. The van der Waals surface area contributed by atoms with Gasteiger partial charge in [-0.05, 0) is 12.1 Å². The van der Waals surface area contributed by atoms with E-state index in [1.165, 1.54) is 24.3 Å². The molecule has 88 valence electrons. The predicted molar refractivity (Wildman–Crippen MR) is 54.5 cm³/mol. The first kappa shape index (κ1) is 12.6. The van der Waals surface area contributed by atoms with Crippen molar-refractivity contribution in [3.8, 4) is 0 Å². The Morgan fingerprint density at radius 3 is 2.44 bits per heavy atom. The van der Waals surface area contributed by atoms with E-state index in [2.05, 4.69) is 4.18 Å². The maximum Gasteiger partial charge on any atom is 0.341 e. The van der Waals surface area contributed by atoms with Crippen molar-refractivity contribution in [2.24, 2.45) is 5.73 Å². The largest absolute Gasteiger partial charge is 0.378 e. The average Bonchev–Trinajstić information content (AvgIpc) is 2.16. The minimum absolute atomic E-state index is 0.130. The molecule has 16 heavy (non-hydrogen) atoms. The number of nitrogens with two attached hydrogens (primary N) is 1. The summed E-state index contributed by atoms with van der Waals surface area (Å²) in [6, 6.07) is 7.21. The third kappa shape index (κ3) is 3.61. The van der Waals surface area contributed by atoms with E-state index in [0.29, 0.717) is 0 Å². The molecule has 0 radical (unpaired) electrons. The van der Waals surface area contributed by atoms with Gasteiger partial charge in [-0.15, -0.1) is 0 Å². The van der Waals surface area contributed by atoms with E-state index in [1.807, 2.05) is 0 Å². The van der Waals surface area contributed by atoms with E-state index < -0.39 is 28.7 Å². The molecule has 0 aliphatic heterocycles. The number of carbonyl (C=O) groups is 1. The van der Waals surface area contributed by atoms with Gasteiger partial charge in [-0.1, -0.05) is 18.2 Å². The van der Waals surface area contributed by atoms with Gasteiger partial charge in [0.05, 0.1) is 6.42 Å². The Bertz CT molecular complexity index is 454. The standard InChI is InChI=1S/C9H11NO5S/c10-8(11)6-9(12)15-16(13,14)7-4-2-1-3-5-7/h1-5,8,11H,6,10H2/t8-/m0/s1. The quantitative estimate of drug-likeness (QED) is 0.551. The van der Waals surface area contributed by atoms with Crippen molar-refractivity contribution in [1.82, 2.24) is 0 Å². The summed E-state index contributed by atoms with van der Waals surface area (Å²) in [6.45, 7) is 0. The van der Waals surface area contributed by atoms with E-state index >= 15 is 0 Å². The van der Waals surface area contributed by atoms with Crippen LogP contribution in [-0.2, 0) is 19.1 Å². The van der Waals surface area contributed by atoms with Gasteiger partial charge in [-0.25, -0.2) is 0 Å². The molecule has 0 saturated heterocycles. The van der Waals surface area contributed by atoms with Crippen LogP contribution in [-0.4, -0.2) is 25.7 Å². The molecule has 6 nitrogen and oxygen atoms in total. The first-order valence-electron chi connectivity index (χ1n) is 4.38. The van der Waals surface area contributed by atoms with Gasteiger partial charge in [0, 0.05) is 0 Å². The Kier molecular flexibility index (Phi) is 3.99. The van der Waals surface area contributed by atoms with Crippen LogP contribution in [0.4, 0.5) is 0 Å². The van der Waals surface area contributed by atoms with Gasteiger partial charge in [0.25, 0.3) is 0 Å². The number of hydrogen-bond acceptors (Lipinski definition) is 6. The predicted octanol–water partition coefficient (Wildman–Crippen LogP) is -0.414. The number of hydrogen-bond donors (Lipinski definition) is 2. The second-order valence-electron chi connectivity index (χ2n) is 2.99. The van der Waals surface area contributed by atoms with E-state index in [1.54, 1.807) is 6.07 Å². The zero-order valence-corrected chi connectivity index (χ0v) is 9.05. The summed E-state index contributed by atoms with van der Waals surface area (Å²) in [4.78, 5) is 10.9. The van der Waals surface area contributed by atoms with Crippen LogP contribution >= 0.6 is 0 Å². The molecule has 0 heterocycles. The van der Waals surface area contributed by atoms with Crippen molar-refractivity contribution in [3.63, 3.8) is 0 Å². The van der Waals surface area contributed by atoms with Crippen molar-refractivity contribution in [1.29, 1.82) is 0 Å². The Morgan fingerprint density at radius 2 is 1.94 bits per heavy atom. The van der Waals surface area contributed by atoms with E-state index in [4.69, 9.17) is 10.8 Å². The number of aliphatic hydroxyl groups excluding tert-OH is 1. The molecule has 1 atom stereocenters. The van der Waals surface area contributed by atoms with Crippen LogP contribution in [0.5, 0.6) is 0 Å². The molecule has 0 fully saturated rings. The molecular formula is C9H11NO5S. The first-order chi connectivity index (χ1) is 7.42. The zero-order valence-electron chi connectivity index (χ0n) is 8.24. The minimum atomic E-state index is -4.12. The fraction of sp³-hybridized carbons (Fsp3) is 0.222. The van der Waals surface area contributed by atoms with Crippen LogP contribution in [0.2, 0.25) is 0 Å². The third-order valence-electron chi connectivity index (χ3n) is 1.61. The maximum atomic E-state index is 11.5. The molecule has 7 heteroatoms. The molecular weight excluding hydrogens is 234 g/mol. The van der Waals surface area contributed by atoms with Crippen LogP contribution in [0.1, 0.15) is 6.42 Å². The lowest BCUT2D eigenvalue weighted by Crippen LogP contribution is -2.25. The summed E-state index contributed by atoms with van der Waals surface area (Å²) >= 11 is 0. The highest BCUT2D eigenvalue weighted by Crippen LogP contribution is 2.12. The third-order valence-corrected chi connectivity index (χ3v) is 2.87. The van der Waals surface area contributed by atoms with E-state index in [9.17, 15) is 13.2 Å². The van der Waals surface area contributed by atoms with Gasteiger partial charge in [0.2, 0.25) is 0 Å². The molecule has 0 aliphatic rings. The second kappa shape index (κ2) is 5.06. The van der Waals surface area contributed by atoms with Crippen LogP contribution < -0.4 is 5.73 Å². The molecule has 1 aromatic rings. The number of benzene rings is 1. The van der Waals surface area contributed by atoms with Crippen molar-refractivity contribution in [2.75, 3.05) is 0 Å². The van der Waals surface area contributed by atoms with Crippen molar-refractivity contribution in [3.05, 3.63) is 30.3 Å². The summed E-state index contributed by atoms with van der Waals surface area (Å²) in [5, 5.41) is 8.67. The lowest BCUT2D eigenvalue weighted by Gasteiger charge is -2.06. The zero-order chi connectivity index (χ0) is 12.2. The van der Waals surface area contributed by atoms with Crippen molar-refractivity contribution >= 4 is 16.1 Å². The van der Waals surface area contributed by atoms with Crippen LogP contribution in [0.15, 0.2) is 35.2 Å². The SMILES string of the molecule is N[C@@H](O)CC(=O)OS(=O)(=O)c1ccccc1. The fourth-order valence-corrected chi connectivity index (χ4v) is 1.86. The highest BCUT2D eigenvalue weighted by molar-refractivity contribution is 7.87. The number of rotatable bonds is 4.